The Bertz CT molecular complexity index is 1070. The lowest BCUT2D eigenvalue weighted by Gasteiger charge is -2.14. The summed E-state index contributed by atoms with van der Waals surface area (Å²) in [5.74, 6) is 2.20. The smallest absolute Gasteiger partial charge is 0.256 e. The van der Waals surface area contributed by atoms with Crippen molar-refractivity contribution in [1.82, 2.24) is 4.98 Å². The molecule has 0 aliphatic carbocycles. The molecule has 0 spiro atoms. The van der Waals surface area contributed by atoms with Gasteiger partial charge in [0.05, 0.1) is 33.8 Å². The van der Waals surface area contributed by atoms with Crippen LogP contribution in [0, 0.1) is 0 Å². The summed E-state index contributed by atoms with van der Waals surface area (Å²) in [5, 5.41) is 1.24. The Balaban J connectivity index is 2.29. The largest absolute Gasteiger partial charge is 0.493 e. The van der Waals surface area contributed by atoms with Gasteiger partial charge in [0.25, 0.3) is 5.56 Å². The standard InChI is InChI=1S/C21H21NO5/c1-6-12-8-17(24-2)19(26-4)10-14(12)16-7-13-9-18(25-3)20(27-5)11-15(13)21(23)22-16/h6-11H,1H2,2-5H3,(H,22,23). The SMILES string of the molecule is C=Cc1cc(OC)c(OC)cc1-c1cc2cc(OC)c(OC)cc2c(=O)[nH]1. The van der Waals surface area contributed by atoms with Crippen LogP contribution in [0.5, 0.6) is 23.0 Å². The van der Waals surface area contributed by atoms with Gasteiger partial charge in [-0.1, -0.05) is 12.7 Å². The van der Waals surface area contributed by atoms with E-state index in [1.807, 2.05) is 18.2 Å². The van der Waals surface area contributed by atoms with E-state index in [0.29, 0.717) is 34.1 Å². The van der Waals surface area contributed by atoms with Crippen LogP contribution in [0.1, 0.15) is 5.56 Å². The van der Waals surface area contributed by atoms with Gasteiger partial charge in [-0.15, -0.1) is 0 Å². The Morgan fingerprint density at radius 3 is 1.96 bits per heavy atom. The summed E-state index contributed by atoms with van der Waals surface area (Å²) in [6.45, 7) is 3.86. The highest BCUT2D eigenvalue weighted by atomic mass is 16.5. The molecule has 0 atom stereocenters. The topological polar surface area (TPSA) is 69.8 Å². The van der Waals surface area contributed by atoms with Crippen LogP contribution in [0.4, 0.5) is 0 Å². The Kier molecular flexibility index (Phi) is 5.07. The number of nitrogens with one attached hydrogen (secondary N) is 1. The zero-order chi connectivity index (χ0) is 19.6. The minimum atomic E-state index is -0.228. The van der Waals surface area contributed by atoms with E-state index >= 15 is 0 Å². The molecule has 1 N–H and O–H groups in total. The van der Waals surface area contributed by atoms with E-state index in [1.54, 1.807) is 39.5 Å². The van der Waals surface area contributed by atoms with Crippen molar-refractivity contribution in [3.05, 3.63) is 52.8 Å². The zero-order valence-corrected chi connectivity index (χ0v) is 15.7. The molecule has 0 saturated heterocycles. The second-order valence-electron chi connectivity index (χ2n) is 5.81. The molecule has 0 unspecified atom stereocenters. The number of pyridine rings is 1. The quantitative estimate of drug-likeness (QED) is 0.716. The molecule has 0 bridgehead atoms. The van der Waals surface area contributed by atoms with Gasteiger partial charge in [-0.05, 0) is 41.3 Å². The number of aromatic amines is 1. The zero-order valence-electron chi connectivity index (χ0n) is 15.7. The maximum absolute atomic E-state index is 12.7. The van der Waals surface area contributed by atoms with Crippen molar-refractivity contribution >= 4 is 16.8 Å². The highest BCUT2D eigenvalue weighted by Crippen LogP contribution is 2.37. The number of fused-ring (bicyclic) bond motifs is 1. The second kappa shape index (κ2) is 7.45. The third-order valence-corrected chi connectivity index (χ3v) is 4.41. The van der Waals surface area contributed by atoms with Gasteiger partial charge < -0.3 is 23.9 Å². The first-order valence-electron chi connectivity index (χ1n) is 8.24. The summed E-state index contributed by atoms with van der Waals surface area (Å²) in [5.41, 5.74) is 1.99. The first-order chi connectivity index (χ1) is 13.1. The van der Waals surface area contributed by atoms with Gasteiger partial charge in [0.15, 0.2) is 23.0 Å². The van der Waals surface area contributed by atoms with E-state index in [4.69, 9.17) is 18.9 Å². The molecule has 6 heteroatoms. The van der Waals surface area contributed by atoms with Gasteiger partial charge in [-0.2, -0.15) is 0 Å². The van der Waals surface area contributed by atoms with Gasteiger partial charge in [0.1, 0.15) is 0 Å². The number of rotatable bonds is 6. The fourth-order valence-corrected chi connectivity index (χ4v) is 3.03. The van der Waals surface area contributed by atoms with Crippen molar-refractivity contribution in [2.45, 2.75) is 0 Å². The molecule has 0 saturated carbocycles. The molecule has 2 aromatic carbocycles. The molecule has 0 fully saturated rings. The van der Waals surface area contributed by atoms with Crippen molar-refractivity contribution in [2.24, 2.45) is 0 Å². The molecule has 1 heterocycles. The van der Waals surface area contributed by atoms with E-state index in [1.165, 1.54) is 7.11 Å². The molecular weight excluding hydrogens is 346 g/mol. The molecule has 0 aliphatic rings. The van der Waals surface area contributed by atoms with Crippen molar-refractivity contribution in [3.8, 4) is 34.3 Å². The summed E-state index contributed by atoms with van der Waals surface area (Å²) >= 11 is 0. The minimum Gasteiger partial charge on any atom is -0.493 e. The number of methoxy groups -OCH3 is 4. The average molecular weight is 367 g/mol. The van der Waals surface area contributed by atoms with Crippen LogP contribution in [-0.4, -0.2) is 33.4 Å². The number of benzene rings is 2. The van der Waals surface area contributed by atoms with Crippen LogP contribution in [0.15, 0.2) is 41.7 Å². The van der Waals surface area contributed by atoms with Crippen molar-refractivity contribution in [1.29, 1.82) is 0 Å². The first kappa shape index (κ1) is 18.4. The third-order valence-electron chi connectivity index (χ3n) is 4.41. The number of H-pyrrole nitrogens is 1. The predicted octanol–water partition coefficient (Wildman–Crippen LogP) is 3.87. The van der Waals surface area contributed by atoms with E-state index in [2.05, 4.69) is 11.6 Å². The molecule has 0 amide bonds. The molecule has 1 aromatic heterocycles. The maximum Gasteiger partial charge on any atom is 0.256 e. The second-order valence-corrected chi connectivity index (χ2v) is 5.81. The van der Waals surface area contributed by atoms with Crippen molar-refractivity contribution < 1.29 is 18.9 Å². The lowest BCUT2D eigenvalue weighted by molar-refractivity contribution is 0.355. The summed E-state index contributed by atoms with van der Waals surface area (Å²) in [4.78, 5) is 15.6. The van der Waals surface area contributed by atoms with Gasteiger partial charge in [-0.25, -0.2) is 0 Å². The van der Waals surface area contributed by atoms with E-state index in [9.17, 15) is 4.79 Å². The molecule has 6 nitrogen and oxygen atoms in total. The summed E-state index contributed by atoms with van der Waals surface area (Å²) < 4.78 is 21.4. The highest BCUT2D eigenvalue weighted by Gasteiger charge is 2.15. The van der Waals surface area contributed by atoms with Gasteiger partial charge in [0, 0.05) is 11.3 Å². The Morgan fingerprint density at radius 2 is 1.37 bits per heavy atom. The van der Waals surface area contributed by atoms with Gasteiger partial charge in [0.2, 0.25) is 0 Å². The number of hydrogen-bond donors (Lipinski definition) is 1. The number of aromatic nitrogens is 1. The molecule has 0 aliphatic heterocycles. The molecular formula is C21H21NO5. The van der Waals surface area contributed by atoms with Gasteiger partial charge >= 0.3 is 0 Å². The highest BCUT2D eigenvalue weighted by molar-refractivity contribution is 5.89. The van der Waals surface area contributed by atoms with E-state index in [0.717, 1.165) is 16.5 Å². The fraction of sp³-hybridized carbons (Fsp3) is 0.190. The predicted molar refractivity (Wildman–Crippen MR) is 106 cm³/mol. The summed E-state index contributed by atoms with van der Waals surface area (Å²) in [6, 6.07) is 8.96. The lowest BCUT2D eigenvalue weighted by Crippen LogP contribution is -2.08. The first-order valence-corrected chi connectivity index (χ1v) is 8.24. The Hall–Kier alpha value is -3.41. The van der Waals surface area contributed by atoms with Gasteiger partial charge in [-0.3, -0.25) is 4.79 Å². The maximum atomic E-state index is 12.7. The third kappa shape index (κ3) is 3.21. The fourth-order valence-electron chi connectivity index (χ4n) is 3.03. The average Bonchev–Trinajstić information content (AvgIpc) is 2.71. The molecule has 3 rings (SSSR count). The van der Waals surface area contributed by atoms with E-state index in [-0.39, 0.29) is 5.56 Å². The number of ether oxygens (including phenoxy) is 4. The van der Waals surface area contributed by atoms with Crippen LogP contribution < -0.4 is 24.5 Å². The number of hydrogen-bond acceptors (Lipinski definition) is 5. The van der Waals surface area contributed by atoms with Crippen molar-refractivity contribution in [3.63, 3.8) is 0 Å². The minimum absolute atomic E-state index is 0.228. The molecule has 140 valence electrons. The van der Waals surface area contributed by atoms with E-state index < -0.39 is 0 Å². The molecule has 3 aromatic rings. The van der Waals surface area contributed by atoms with Crippen LogP contribution in [0.25, 0.3) is 28.1 Å². The monoisotopic (exact) mass is 367 g/mol. The summed E-state index contributed by atoms with van der Waals surface area (Å²) in [6.07, 6.45) is 1.70. The van der Waals surface area contributed by atoms with Crippen LogP contribution in [-0.2, 0) is 0 Å². The molecule has 0 radical (unpaired) electrons. The normalized spacial score (nSPS) is 10.5. The molecule has 27 heavy (non-hydrogen) atoms. The van der Waals surface area contributed by atoms with Crippen LogP contribution in [0.3, 0.4) is 0 Å². The Labute approximate surface area is 157 Å². The Morgan fingerprint density at radius 1 is 0.815 bits per heavy atom. The van der Waals surface area contributed by atoms with Crippen LogP contribution >= 0.6 is 0 Å². The van der Waals surface area contributed by atoms with Crippen molar-refractivity contribution in [2.75, 3.05) is 28.4 Å². The summed E-state index contributed by atoms with van der Waals surface area (Å²) in [7, 11) is 6.23. The van der Waals surface area contributed by atoms with Crippen LogP contribution in [0.2, 0.25) is 0 Å². The lowest BCUT2D eigenvalue weighted by atomic mass is 10.0.